The largest absolute Gasteiger partial charge is 0.481 e. The van der Waals surface area contributed by atoms with E-state index < -0.39 is 5.97 Å². The van der Waals surface area contributed by atoms with Gasteiger partial charge in [-0.25, -0.2) is 0 Å². The number of rotatable bonds is 5. The number of hydrogen-bond donors (Lipinski definition) is 2. The molecule has 0 spiro atoms. The molecule has 2 N–H and O–H groups in total. The fourth-order valence-electron chi connectivity index (χ4n) is 2.24. The topological polar surface area (TPSA) is 78.6 Å². The number of carbonyl (C=O) groups is 1. The highest BCUT2D eigenvalue weighted by Gasteiger charge is 2.08. The Morgan fingerprint density at radius 3 is 2.11 bits per heavy atom. The van der Waals surface area contributed by atoms with Crippen LogP contribution in [0.5, 0.6) is 0 Å². The summed E-state index contributed by atoms with van der Waals surface area (Å²) < 4.78 is 5.22. The zero-order valence-electron chi connectivity index (χ0n) is 19.5. The maximum atomic E-state index is 9.00. The van der Waals surface area contributed by atoms with Crippen molar-refractivity contribution >= 4 is 22.8 Å². The van der Waals surface area contributed by atoms with Crippen LogP contribution in [0.1, 0.15) is 59.6 Å². The van der Waals surface area contributed by atoms with Gasteiger partial charge in [0, 0.05) is 20.0 Å². The van der Waals surface area contributed by atoms with E-state index in [-0.39, 0.29) is 0 Å². The van der Waals surface area contributed by atoms with Gasteiger partial charge in [0.1, 0.15) is 0 Å². The lowest BCUT2D eigenvalue weighted by Crippen LogP contribution is -2.22. The highest BCUT2D eigenvalue weighted by atomic mass is 16.5. The smallest absolute Gasteiger partial charge is 0.300 e. The molecular formula is C22H41N3O3. The minimum Gasteiger partial charge on any atom is -0.481 e. The van der Waals surface area contributed by atoms with E-state index in [0.29, 0.717) is 0 Å². The highest BCUT2D eigenvalue weighted by molar-refractivity contribution is 5.89. The number of anilines is 1. The molecular weight excluding hydrogens is 354 g/mol. The highest BCUT2D eigenvalue weighted by Crippen LogP contribution is 2.25. The van der Waals surface area contributed by atoms with Crippen molar-refractivity contribution in [3.8, 4) is 0 Å². The Labute approximate surface area is 171 Å². The van der Waals surface area contributed by atoms with Crippen molar-refractivity contribution in [3.05, 3.63) is 23.3 Å². The van der Waals surface area contributed by atoms with Crippen LogP contribution in [0.15, 0.2) is 16.7 Å². The van der Waals surface area contributed by atoms with Crippen LogP contribution in [-0.4, -0.2) is 47.8 Å². The maximum Gasteiger partial charge on any atom is 0.300 e. The number of fused-ring (bicyclic) bond motifs is 1. The van der Waals surface area contributed by atoms with E-state index in [2.05, 4.69) is 63.1 Å². The molecule has 6 heteroatoms. The van der Waals surface area contributed by atoms with Crippen molar-refractivity contribution in [1.82, 2.24) is 10.1 Å². The van der Waals surface area contributed by atoms with Gasteiger partial charge in [0.25, 0.3) is 5.97 Å². The van der Waals surface area contributed by atoms with Crippen molar-refractivity contribution in [2.24, 2.45) is 5.92 Å². The summed E-state index contributed by atoms with van der Waals surface area (Å²) in [5.41, 5.74) is 3.35. The van der Waals surface area contributed by atoms with Crippen LogP contribution in [0.2, 0.25) is 0 Å². The van der Waals surface area contributed by atoms with Crippen molar-refractivity contribution < 1.29 is 14.4 Å². The average Bonchev–Trinajstić information content (AvgIpc) is 2.99. The second-order valence-corrected chi connectivity index (χ2v) is 6.76. The summed E-state index contributed by atoms with van der Waals surface area (Å²) in [6.07, 6.45) is 0. The lowest BCUT2D eigenvalue weighted by Gasteiger charge is -2.15. The first-order valence-corrected chi connectivity index (χ1v) is 10.1. The molecule has 162 valence electrons. The van der Waals surface area contributed by atoms with Gasteiger partial charge in [0.05, 0.1) is 5.39 Å². The van der Waals surface area contributed by atoms with Gasteiger partial charge in [-0.2, -0.15) is 0 Å². The molecule has 0 aliphatic heterocycles. The second-order valence-electron chi connectivity index (χ2n) is 6.76. The minimum atomic E-state index is -0.833. The van der Waals surface area contributed by atoms with Crippen LogP contribution in [0.4, 0.5) is 5.82 Å². The van der Waals surface area contributed by atoms with Gasteiger partial charge >= 0.3 is 0 Å². The third kappa shape index (κ3) is 12.3. The summed E-state index contributed by atoms with van der Waals surface area (Å²) in [5, 5.41) is 15.6. The molecule has 0 bridgehead atoms. The van der Waals surface area contributed by atoms with E-state index in [0.717, 1.165) is 42.7 Å². The predicted octanol–water partition coefficient (Wildman–Crippen LogP) is 5.59. The number of nitrogens with zero attached hydrogens (tertiary/aromatic N) is 2. The van der Waals surface area contributed by atoms with Crippen LogP contribution in [0.3, 0.4) is 0 Å². The maximum absolute atomic E-state index is 9.00. The average molecular weight is 396 g/mol. The number of hydrogen-bond acceptors (Lipinski definition) is 5. The van der Waals surface area contributed by atoms with Crippen LogP contribution in [-0.2, 0) is 4.79 Å². The summed E-state index contributed by atoms with van der Waals surface area (Å²) in [4.78, 5) is 11.3. The van der Waals surface area contributed by atoms with Crippen LogP contribution < -0.4 is 5.32 Å². The summed E-state index contributed by atoms with van der Waals surface area (Å²) in [6, 6.07) is 4.14. The van der Waals surface area contributed by atoms with Crippen molar-refractivity contribution in [3.63, 3.8) is 0 Å². The summed E-state index contributed by atoms with van der Waals surface area (Å²) in [7, 11) is 2.15. The Kier molecular flexibility index (Phi) is 16.0. The first kappa shape index (κ1) is 28.1. The molecule has 0 radical (unpaired) electrons. The zero-order valence-corrected chi connectivity index (χ0v) is 19.5. The lowest BCUT2D eigenvalue weighted by molar-refractivity contribution is -0.134. The van der Waals surface area contributed by atoms with Gasteiger partial charge in [0.15, 0.2) is 11.4 Å². The monoisotopic (exact) mass is 395 g/mol. The molecule has 0 fully saturated rings. The third-order valence-electron chi connectivity index (χ3n) is 3.65. The predicted molar refractivity (Wildman–Crippen MR) is 120 cm³/mol. The van der Waals surface area contributed by atoms with Gasteiger partial charge in [-0.05, 0) is 63.5 Å². The third-order valence-corrected chi connectivity index (χ3v) is 3.65. The van der Waals surface area contributed by atoms with E-state index in [4.69, 9.17) is 14.4 Å². The van der Waals surface area contributed by atoms with Gasteiger partial charge < -0.3 is 19.8 Å². The standard InChI is InChI=1S/C11H14N2O.C7H17N.C2H4O2.C2H6/c1-4-12-11-9-5-7(2)8(3)6-10(9)14-13-11;1-5-8(4)6-7(2)3;1-2(3)4;1-2/h5-6H,4H2,1-3H3,(H,12,13);7H,5-6H2,1-4H3;1H3,(H,3,4);1-2H3. The first-order chi connectivity index (χ1) is 13.1. The van der Waals surface area contributed by atoms with E-state index in [1.54, 1.807) is 0 Å². The number of carboxylic acids is 1. The van der Waals surface area contributed by atoms with Gasteiger partial charge in [-0.15, -0.1) is 0 Å². The molecule has 0 saturated heterocycles. The molecule has 0 unspecified atom stereocenters. The molecule has 0 saturated carbocycles. The Morgan fingerprint density at radius 1 is 1.21 bits per heavy atom. The van der Waals surface area contributed by atoms with E-state index >= 15 is 0 Å². The Morgan fingerprint density at radius 2 is 1.71 bits per heavy atom. The van der Waals surface area contributed by atoms with Crippen molar-refractivity contribution in [2.75, 3.05) is 32.0 Å². The molecule has 0 aliphatic carbocycles. The van der Waals surface area contributed by atoms with E-state index in [9.17, 15) is 0 Å². The number of aryl methyl sites for hydroxylation is 2. The van der Waals surface area contributed by atoms with Crippen LogP contribution in [0.25, 0.3) is 11.0 Å². The Bertz CT molecular complexity index is 662. The Balaban J connectivity index is 0. The molecule has 1 aromatic carbocycles. The summed E-state index contributed by atoms with van der Waals surface area (Å²) in [5.74, 6) is 0.811. The normalized spacial score (nSPS) is 9.71. The second kappa shape index (κ2) is 15.9. The van der Waals surface area contributed by atoms with E-state index in [1.165, 1.54) is 17.7 Å². The molecule has 0 atom stereocenters. The number of nitrogens with one attached hydrogen (secondary N) is 1. The molecule has 2 rings (SSSR count). The van der Waals surface area contributed by atoms with Crippen molar-refractivity contribution in [1.29, 1.82) is 0 Å². The van der Waals surface area contributed by atoms with Gasteiger partial charge in [-0.3, -0.25) is 4.79 Å². The lowest BCUT2D eigenvalue weighted by atomic mass is 10.1. The fourth-order valence-corrected chi connectivity index (χ4v) is 2.24. The number of aliphatic carboxylic acids is 1. The fraction of sp³-hybridized carbons (Fsp3) is 0.636. The molecule has 6 nitrogen and oxygen atoms in total. The zero-order chi connectivity index (χ0) is 22.3. The Hall–Kier alpha value is -2.08. The molecule has 0 aliphatic rings. The first-order valence-electron chi connectivity index (χ1n) is 10.1. The summed E-state index contributed by atoms with van der Waals surface area (Å²) in [6.45, 7) is 21.2. The van der Waals surface area contributed by atoms with Crippen molar-refractivity contribution in [2.45, 2.75) is 62.3 Å². The van der Waals surface area contributed by atoms with Crippen LogP contribution in [0, 0.1) is 19.8 Å². The quantitative estimate of drug-likeness (QED) is 0.687. The van der Waals surface area contributed by atoms with Gasteiger partial charge in [0.2, 0.25) is 0 Å². The van der Waals surface area contributed by atoms with Gasteiger partial charge in [-0.1, -0.05) is 39.8 Å². The number of benzene rings is 1. The van der Waals surface area contributed by atoms with Crippen LogP contribution >= 0.6 is 0 Å². The number of carboxylic acid groups (broad SMARTS) is 1. The minimum absolute atomic E-state index is 0.806. The molecule has 0 amide bonds. The molecule has 2 aromatic rings. The number of aromatic nitrogens is 1. The molecule has 1 aromatic heterocycles. The molecule has 28 heavy (non-hydrogen) atoms. The van der Waals surface area contributed by atoms with E-state index in [1.807, 2.05) is 26.8 Å². The summed E-state index contributed by atoms with van der Waals surface area (Å²) >= 11 is 0. The molecule has 1 heterocycles. The SMILES string of the molecule is CC.CC(=O)O.CCN(C)CC(C)C.CCNc1noc2cc(C)c(C)cc12.